The van der Waals surface area contributed by atoms with Crippen molar-refractivity contribution in [2.75, 3.05) is 0 Å². The van der Waals surface area contributed by atoms with Gasteiger partial charge in [-0.3, -0.25) is 0 Å². The molecule has 0 aliphatic heterocycles. The van der Waals surface area contributed by atoms with E-state index in [1.165, 1.54) is 36.5 Å². The molecule has 2 aromatic rings. The van der Waals surface area contributed by atoms with Gasteiger partial charge in [0, 0.05) is 11.8 Å². The lowest BCUT2D eigenvalue weighted by molar-refractivity contribution is -0.274. The van der Waals surface area contributed by atoms with Crippen LogP contribution < -0.4 is 4.74 Å². The highest BCUT2D eigenvalue weighted by Gasteiger charge is 2.30. The maximum Gasteiger partial charge on any atom is 0.573 e. The second-order valence-electron chi connectivity index (χ2n) is 3.75. The summed E-state index contributed by atoms with van der Waals surface area (Å²) in [6.45, 7) is 0. The van der Waals surface area contributed by atoms with Crippen LogP contribution in [0.15, 0.2) is 36.5 Å². The van der Waals surface area contributed by atoms with Crippen LogP contribution in [-0.2, 0) is 0 Å². The molecule has 0 amide bonds. The van der Waals surface area contributed by atoms with E-state index in [2.05, 4.69) is 9.72 Å². The van der Waals surface area contributed by atoms with E-state index in [0.717, 1.165) is 0 Å². The van der Waals surface area contributed by atoms with Crippen LogP contribution in [0.5, 0.6) is 5.75 Å². The smallest absolute Gasteiger partial charge is 0.406 e. The number of pyridine rings is 1. The number of alkyl halides is 3. The van der Waals surface area contributed by atoms with E-state index in [4.69, 9.17) is 16.9 Å². The van der Waals surface area contributed by atoms with Gasteiger partial charge in [-0.05, 0) is 23.8 Å². The molecule has 0 saturated carbocycles. The summed E-state index contributed by atoms with van der Waals surface area (Å²) in [5, 5.41) is 8.92. The van der Waals surface area contributed by atoms with Crippen LogP contribution in [0, 0.1) is 11.3 Å². The van der Waals surface area contributed by atoms with Gasteiger partial charge >= 0.3 is 6.36 Å². The van der Waals surface area contributed by atoms with E-state index in [1.54, 1.807) is 0 Å². The molecule has 1 heterocycles. The first-order valence-corrected chi connectivity index (χ1v) is 5.68. The molecule has 0 unspecified atom stereocenters. The van der Waals surface area contributed by atoms with Gasteiger partial charge in [0.2, 0.25) is 0 Å². The summed E-state index contributed by atoms with van der Waals surface area (Å²) in [6.07, 6.45) is -3.29. The van der Waals surface area contributed by atoms with Gasteiger partial charge in [0.15, 0.2) is 0 Å². The average molecular weight is 299 g/mol. The molecule has 0 saturated heterocycles. The van der Waals surface area contributed by atoms with E-state index in [1.807, 2.05) is 6.07 Å². The molecular formula is C13H6ClF3N2O. The zero-order valence-electron chi connectivity index (χ0n) is 9.78. The number of halogens is 4. The van der Waals surface area contributed by atoms with Crippen LogP contribution in [0.3, 0.4) is 0 Å². The highest BCUT2D eigenvalue weighted by Crippen LogP contribution is 2.27. The van der Waals surface area contributed by atoms with Gasteiger partial charge in [-0.25, -0.2) is 4.98 Å². The second kappa shape index (κ2) is 5.39. The molecule has 0 N–H and O–H groups in total. The Morgan fingerprint density at radius 2 is 1.80 bits per heavy atom. The first kappa shape index (κ1) is 14.2. The predicted molar refractivity (Wildman–Crippen MR) is 66.1 cm³/mol. The number of ether oxygens (including phenoxy) is 1. The standard InChI is InChI=1S/C13H6ClF3N2O/c14-12-9(6-18)5-10(7-19-12)8-1-3-11(4-2-8)20-13(15,16)17/h1-5,7H. The second-order valence-corrected chi connectivity index (χ2v) is 4.10. The van der Waals surface area contributed by atoms with Crippen LogP contribution in [0.25, 0.3) is 11.1 Å². The van der Waals surface area contributed by atoms with Crippen LogP contribution in [0.4, 0.5) is 13.2 Å². The summed E-state index contributed by atoms with van der Waals surface area (Å²) in [5.74, 6) is -0.316. The van der Waals surface area contributed by atoms with E-state index in [9.17, 15) is 13.2 Å². The fourth-order valence-corrected chi connectivity index (χ4v) is 1.68. The maximum atomic E-state index is 12.0. The summed E-state index contributed by atoms with van der Waals surface area (Å²) < 4.78 is 39.8. The van der Waals surface area contributed by atoms with Crippen LogP contribution >= 0.6 is 11.6 Å². The molecule has 7 heteroatoms. The number of rotatable bonds is 2. The molecule has 102 valence electrons. The molecule has 1 aromatic carbocycles. The minimum absolute atomic E-state index is 0.0771. The third kappa shape index (κ3) is 3.39. The topological polar surface area (TPSA) is 45.9 Å². The van der Waals surface area contributed by atoms with Gasteiger partial charge in [-0.15, -0.1) is 13.2 Å². The third-order valence-electron chi connectivity index (χ3n) is 2.38. The van der Waals surface area contributed by atoms with Crippen molar-refractivity contribution in [2.45, 2.75) is 6.36 Å². The average Bonchev–Trinajstić information content (AvgIpc) is 2.38. The van der Waals surface area contributed by atoms with Gasteiger partial charge < -0.3 is 4.74 Å². The van der Waals surface area contributed by atoms with Crippen molar-refractivity contribution < 1.29 is 17.9 Å². The molecule has 3 nitrogen and oxygen atoms in total. The molecular weight excluding hydrogens is 293 g/mol. The maximum absolute atomic E-state index is 12.0. The Hall–Kier alpha value is -2.26. The van der Waals surface area contributed by atoms with Gasteiger partial charge in [0.1, 0.15) is 17.0 Å². The molecule has 0 spiro atoms. The molecule has 0 fully saturated rings. The normalized spacial score (nSPS) is 10.9. The van der Waals surface area contributed by atoms with Crippen LogP contribution in [0.1, 0.15) is 5.56 Å². The van der Waals surface area contributed by atoms with E-state index >= 15 is 0 Å². The molecule has 0 radical (unpaired) electrons. The molecule has 0 aliphatic rings. The molecule has 2 rings (SSSR count). The Morgan fingerprint density at radius 3 is 2.35 bits per heavy atom. The molecule has 0 aliphatic carbocycles. The number of hydrogen-bond donors (Lipinski definition) is 0. The Bertz CT molecular complexity index is 663. The fourth-order valence-electron chi connectivity index (χ4n) is 1.53. The SMILES string of the molecule is N#Cc1cc(-c2ccc(OC(F)(F)F)cc2)cnc1Cl. The van der Waals surface area contributed by atoms with Crippen molar-refractivity contribution in [3.05, 3.63) is 47.2 Å². The zero-order chi connectivity index (χ0) is 14.8. The molecule has 0 atom stereocenters. The predicted octanol–water partition coefficient (Wildman–Crippen LogP) is 4.17. The van der Waals surface area contributed by atoms with Gasteiger partial charge in [-0.1, -0.05) is 23.7 Å². The van der Waals surface area contributed by atoms with Crippen LogP contribution in [0.2, 0.25) is 5.15 Å². The Labute approximate surface area is 117 Å². The van der Waals surface area contributed by atoms with E-state index in [0.29, 0.717) is 11.1 Å². The lowest BCUT2D eigenvalue weighted by Gasteiger charge is -2.09. The molecule has 1 aromatic heterocycles. The van der Waals surface area contributed by atoms with Crippen LogP contribution in [-0.4, -0.2) is 11.3 Å². The largest absolute Gasteiger partial charge is 0.573 e. The molecule has 20 heavy (non-hydrogen) atoms. The monoisotopic (exact) mass is 298 g/mol. The van der Waals surface area contributed by atoms with Gasteiger partial charge in [0.25, 0.3) is 0 Å². The van der Waals surface area contributed by atoms with Crippen molar-refractivity contribution in [1.29, 1.82) is 5.26 Å². The Morgan fingerprint density at radius 1 is 1.15 bits per heavy atom. The van der Waals surface area contributed by atoms with Crippen molar-refractivity contribution >= 4 is 11.6 Å². The first-order valence-electron chi connectivity index (χ1n) is 5.31. The number of nitriles is 1. The Balaban J connectivity index is 2.29. The number of benzene rings is 1. The van der Waals surface area contributed by atoms with Gasteiger partial charge in [-0.2, -0.15) is 5.26 Å². The minimum atomic E-state index is -4.72. The summed E-state index contributed by atoms with van der Waals surface area (Å²) in [5.41, 5.74) is 1.37. The quantitative estimate of drug-likeness (QED) is 0.782. The summed E-state index contributed by atoms with van der Waals surface area (Å²) >= 11 is 5.70. The zero-order valence-corrected chi connectivity index (χ0v) is 10.5. The van der Waals surface area contributed by atoms with Crippen molar-refractivity contribution in [3.63, 3.8) is 0 Å². The fraction of sp³-hybridized carbons (Fsp3) is 0.0769. The number of nitrogens with zero attached hydrogens (tertiary/aromatic N) is 2. The van der Waals surface area contributed by atoms with E-state index in [-0.39, 0.29) is 16.5 Å². The minimum Gasteiger partial charge on any atom is -0.406 e. The lowest BCUT2D eigenvalue weighted by atomic mass is 10.1. The van der Waals surface area contributed by atoms with Crippen molar-refractivity contribution in [1.82, 2.24) is 4.98 Å². The Kier molecular flexibility index (Phi) is 3.81. The highest BCUT2D eigenvalue weighted by molar-refractivity contribution is 6.30. The summed E-state index contributed by atoms with van der Waals surface area (Å²) in [7, 11) is 0. The molecule has 0 bridgehead atoms. The summed E-state index contributed by atoms with van der Waals surface area (Å²) in [4.78, 5) is 3.84. The van der Waals surface area contributed by atoms with Crippen molar-refractivity contribution in [3.8, 4) is 22.9 Å². The third-order valence-corrected chi connectivity index (χ3v) is 2.68. The first-order chi connectivity index (χ1) is 9.39. The number of aromatic nitrogens is 1. The highest BCUT2D eigenvalue weighted by atomic mass is 35.5. The number of hydrogen-bond acceptors (Lipinski definition) is 3. The van der Waals surface area contributed by atoms with E-state index < -0.39 is 6.36 Å². The lowest BCUT2D eigenvalue weighted by Crippen LogP contribution is -2.16. The summed E-state index contributed by atoms with van der Waals surface area (Å²) in [6, 6.07) is 8.63. The van der Waals surface area contributed by atoms with Gasteiger partial charge in [0.05, 0.1) is 5.56 Å². The van der Waals surface area contributed by atoms with Crippen molar-refractivity contribution in [2.24, 2.45) is 0 Å².